The van der Waals surface area contributed by atoms with Crippen LogP contribution in [0.4, 0.5) is 5.69 Å². The highest BCUT2D eigenvalue weighted by molar-refractivity contribution is 7.92. The number of nitrogens with zero attached hydrogens (tertiary/aromatic N) is 4. The molecule has 0 aliphatic carbocycles. The zero-order valence-electron chi connectivity index (χ0n) is 14.1. The Morgan fingerprint density at radius 2 is 1.92 bits per heavy atom. The summed E-state index contributed by atoms with van der Waals surface area (Å²) in [5, 5.41) is -0.0902. The Kier molecular flexibility index (Phi) is 5.60. The van der Waals surface area contributed by atoms with Crippen molar-refractivity contribution in [3.05, 3.63) is 18.7 Å². The quantitative estimate of drug-likeness (QED) is 0.769. The van der Waals surface area contributed by atoms with Crippen LogP contribution in [0.25, 0.3) is 0 Å². The molecule has 0 saturated heterocycles. The predicted molar refractivity (Wildman–Crippen MR) is 87.8 cm³/mol. The van der Waals surface area contributed by atoms with Crippen molar-refractivity contribution in [2.75, 3.05) is 17.9 Å². The van der Waals surface area contributed by atoms with Crippen LogP contribution in [-0.4, -0.2) is 41.2 Å². The largest absolute Gasteiger partial charge is 0.476 e. The van der Waals surface area contributed by atoms with Gasteiger partial charge >= 0.3 is 6.01 Å². The van der Waals surface area contributed by atoms with Crippen molar-refractivity contribution in [2.45, 2.75) is 38.8 Å². The molecule has 2 aromatic heterocycles. The number of nitrogens with one attached hydrogen (secondary N) is 1. The average Bonchev–Trinajstić information content (AvgIpc) is 3.01. The molecule has 10 heteroatoms. The second-order valence-electron chi connectivity index (χ2n) is 5.10. The summed E-state index contributed by atoms with van der Waals surface area (Å²) in [7, 11) is -3.87. The minimum absolute atomic E-state index is 0.0902. The van der Waals surface area contributed by atoms with E-state index in [9.17, 15) is 8.42 Å². The van der Waals surface area contributed by atoms with E-state index in [2.05, 4.69) is 19.7 Å². The molecule has 0 atom stereocenters. The highest BCUT2D eigenvalue weighted by Crippen LogP contribution is 2.25. The number of aromatic nitrogens is 4. The molecule has 0 fully saturated rings. The lowest BCUT2D eigenvalue weighted by molar-refractivity contribution is 0.290. The van der Waals surface area contributed by atoms with Crippen LogP contribution in [-0.2, 0) is 10.0 Å². The summed E-state index contributed by atoms with van der Waals surface area (Å²) in [5.74, 6) is 0.0998. The Hall–Kier alpha value is -2.36. The second-order valence-corrected chi connectivity index (χ2v) is 6.73. The van der Waals surface area contributed by atoms with Gasteiger partial charge < -0.3 is 14.0 Å². The molecule has 2 aromatic rings. The van der Waals surface area contributed by atoms with Gasteiger partial charge in [0.25, 0.3) is 10.0 Å². The first-order valence-corrected chi connectivity index (χ1v) is 9.04. The summed E-state index contributed by atoms with van der Waals surface area (Å²) in [5.41, 5.74) is 0.124. The number of hydrogen-bond acceptors (Lipinski definition) is 7. The van der Waals surface area contributed by atoms with Gasteiger partial charge in [0.15, 0.2) is 5.03 Å². The van der Waals surface area contributed by atoms with Crippen LogP contribution in [0.15, 0.2) is 23.7 Å². The van der Waals surface area contributed by atoms with Crippen LogP contribution in [0.3, 0.4) is 0 Å². The van der Waals surface area contributed by atoms with Crippen molar-refractivity contribution < 1.29 is 17.9 Å². The van der Waals surface area contributed by atoms with Crippen LogP contribution in [0.1, 0.15) is 33.7 Å². The van der Waals surface area contributed by atoms with Gasteiger partial charge in [-0.15, -0.1) is 0 Å². The third kappa shape index (κ3) is 4.13. The molecule has 0 amide bonds. The molecular formula is C14H21N5O4S. The Morgan fingerprint density at radius 3 is 2.50 bits per heavy atom. The molecule has 0 saturated carbocycles. The fraction of sp³-hybridized carbons (Fsp3) is 0.500. The minimum Gasteiger partial charge on any atom is -0.476 e. The van der Waals surface area contributed by atoms with Gasteiger partial charge in [-0.3, -0.25) is 4.72 Å². The second kappa shape index (κ2) is 7.47. The molecule has 0 aliphatic heterocycles. The van der Waals surface area contributed by atoms with Crippen molar-refractivity contribution in [3.63, 3.8) is 0 Å². The van der Waals surface area contributed by atoms with Crippen LogP contribution in [0, 0.1) is 0 Å². The van der Waals surface area contributed by atoms with Gasteiger partial charge in [0, 0.05) is 12.2 Å². The molecule has 2 heterocycles. The molecule has 0 radical (unpaired) electrons. The monoisotopic (exact) mass is 355 g/mol. The summed E-state index contributed by atoms with van der Waals surface area (Å²) in [4.78, 5) is 11.9. The lowest BCUT2D eigenvalue weighted by Gasteiger charge is -2.11. The van der Waals surface area contributed by atoms with Gasteiger partial charge in [-0.1, -0.05) is 0 Å². The highest BCUT2D eigenvalue weighted by atomic mass is 32.2. The lowest BCUT2D eigenvalue weighted by atomic mass is 10.4. The van der Waals surface area contributed by atoms with Crippen molar-refractivity contribution >= 4 is 15.7 Å². The maximum atomic E-state index is 12.5. The van der Waals surface area contributed by atoms with E-state index in [0.717, 1.165) is 0 Å². The Bertz CT molecular complexity index is 788. The van der Waals surface area contributed by atoms with Crippen LogP contribution in [0.5, 0.6) is 11.9 Å². The van der Waals surface area contributed by atoms with Crippen molar-refractivity contribution in [3.8, 4) is 11.9 Å². The maximum absolute atomic E-state index is 12.5. The van der Waals surface area contributed by atoms with Gasteiger partial charge in [0.05, 0.1) is 25.7 Å². The molecule has 1 N–H and O–H groups in total. The zero-order chi connectivity index (χ0) is 17.7. The SMILES string of the molecule is CCOc1ncc(NS(=O)(=O)c2cn(C(C)C)cn2)c(OCC)n1. The fourth-order valence-electron chi connectivity index (χ4n) is 1.80. The Morgan fingerprint density at radius 1 is 1.21 bits per heavy atom. The van der Waals surface area contributed by atoms with E-state index in [1.165, 1.54) is 18.7 Å². The standard InChI is InChI=1S/C14H21N5O4S/c1-5-22-13-11(7-15-14(17-13)23-6-2)18-24(20,21)12-8-19(9-16-12)10(3)4/h7-10,18H,5-6H2,1-4H3. The first-order chi connectivity index (χ1) is 11.4. The molecule has 0 unspecified atom stereocenters. The molecule has 132 valence electrons. The van der Waals surface area contributed by atoms with E-state index in [4.69, 9.17) is 9.47 Å². The third-order valence-corrected chi connectivity index (χ3v) is 4.23. The minimum atomic E-state index is -3.87. The van der Waals surface area contributed by atoms with E-state index < -0.39 is 10.0 Å². The molecule has 0 spiro atoms. The number of anilines is 1. The number of rotatable bonds is 8. The topological polar surface area (TPSA) is 108 Å². The van der Waals surface area contributed by atoms with Crippen molar-refractivity contribution in [1.82, 2.24) is 19.5 Å². The van der Waals surface area contributed by atoms with Crippen LogP contribution < -0.4 is 14.2 Å². The zero-order valence-corrected chi connectivity index (χ0v) is 14.9. The van der Waals surface area contributed by atoms with E-state index in [0.29, 0.717) is 13.2 Å². The number of ether oxygens (including phenoxy) is 2. The van der Waals surface area contributed by atoms with Gasteiger partial charge in [-0.2, -0.15) is 13.4 Å². The van der Waals surface area contributed by atoms with E-state index in [1.807, 2.05) is 13.8 Å². The van der Waals surface area contributed by atoms with Crippen LogP contribution >= 0.6 is 0 Å². The van der Waals surface area contributed by atoms with Gasteiger partial charge in [0.2, 0.25) is 5.88 Å². The lowest BCUT2D eigenvalue weighted by Crippen LogP contribution is -2.15. The van der Waals surface area contributed by atoms with Crippen molar-refractivity contribution in [2.24, 2.45) is 0 Å². The van der Waals surface area contributed by atoms with Gasteiger partial charge in [-0.05, 0) is 27.7 Å². The first-order valence-electron chi connectivity index (χ1n) is 7.56. The molecule has 0 aliphatic rings. The third-order valence-electron chi connectivity index (χ3n) is 2.98. The molecule has 2 rings (SSSR count). The number of sulfonamides is 1. The summed E-state index contributed by atoms with van der Waals surface area (Å²) < 4.78 is 39.6. The molecular weight excluding hydrogens is 334 g/mol. The molecule has 9 nitrogen and oxygen atoms in total. The predicted octanol–water partition coefficient (Wildman–Crippen LogP) is 1.85. The summed E-state index contributed by atoms with van der Waals surface area (Å²) in [6.07, 6.45) is 4.24. The van der Waals surface area contributed by atoms with E-state index in [-0.39, 0.29) is 28.6 Å². The molecule has 0 bridgehead atoms. The molecule has 24 heavy (non-hydrogen) atoms. The summed E-state index contributed by atoms with van der Waals surface area (Å²) in [6, 6.07) is 0.224. The summed E-state index contributed by atoms with van der Waals surface area (Å²) >= 11 is 0. The number of hydrogen-bond donors (Lipinski definition) is 1. The molecule has 0 aromatic carbocycles. The van der Waals surface area contributed by atoms with E-state index in [1.54, 1.807) is 18.4 Å². The average molecular weight is 355 g/mol. The van der Waals surface area contributed by atoms with Gasteiger partial charge in [0.1, 0.15) is 5.69 Å². The Labute approximate surface area is 141 Å². The smallest absolute Gasteiger partial charge is 0.319 e. The van der Waals surface area contributed by atoms with Gasteiger partial charge in [-0.25, -0.2) is 9.97 Å². The number of imidazole rings is 1. The van der Waals surface area contributed by atoms with E-state index >= 15 is 0 Å². The Balaban J connectivity index is 2.30. The first kappa shape index (κ1) is 18.0. The normalized spacial score (nSPS) is 11.5. The highest BCUT2D eigenvalue weighted by Gasteiger charge is 2.21. The maximum Gasteiger partial charge on any atom is 0.319 e. The fourth-order valence-corrected chi connectivity index (χ4v) is 2.78. The van der Waals surface area contributed by atoms with Crippen LogP contribution in [0.2, 0.25) is 0 Å². The summed E-state index contributed by atoms with van der Waals surface area (Å²) in [6.45, 7) is 8.14. The van der Waals surface area contributed by atoms with Crippen molar-refractivity contribution in [1.29, 1.82) is 0 Å².